The summed E-state index contributed by atoms with van der Waals surface area (Å²) in [5, 5.41) is 4.11. The van der Waals surface area contributed by atoms with E-state index in [1.54, 1.807) is 6.20 Å². The van der Waals surface area contributed by atoms with Gasteiger partial charge in [-0.2, -0.15) is 0 Å². The molecule has 0 fully saturated rings. The van der Waals surface area contributed by atoms with Gasteiger partial charge in [-0.1, -0.05) is 36.4 Å². The lowest BCUT2D eigenvalue weighted by atomic mass is 10.0. The number of aromatic nitrogens is 1. The van der Waals surface area contributed by atoms with Crippen molar-refractivity contribution in [3.63, 3.8) is 0 Å². The first-order valence-corrected chi connectivity index (χ1v) is 9.50. The normalized spacial score (nSPS) is 12.4. The third-order valence-electron chi connectivity index (χ3n) is 4.41. The van der Waals surface area contributed by atoms with E-state index in [9.17, 15) is 9.59 Å². The van der Waals surface area contributed by atoms with Crippen molar-refractivity contribution in [1.29, 1.82) is 0 Å². The summed E-state index contributed by atoms with van der Waals surface area (Å²) in [6, 6.07) is 16.4. The lowest BCUT2D eigenvalue weighted by molar-refractivity contribution is -0.141. The molecule has 2 aromatic carbocycles. The number of carbonyl (C=O) groups is 2. The van der Waals surface area contributed by atoms with Crippen LogP contribution in [-0.2, 0) is 20.7 Å². The molecule has 0 bridgehead atoms. The third-order valence-corrected chi connectivity index (χ3v) is 4.41. The Balaban J connectivity index is 1.95. The van der Waals surface area contributed by atoms with Gasteiger partial charge in [0.2, 0.25) is 0 Å². The number of rotatable bonds is 5. The van der Waals surface area contributed by atoms with Crippen molar-refractivity contribution < 1.29 is 19.1 Å². The molecule has 0 aliphatic rings. The lowest BCUT2D eigenvalue weighted by Crippen LogP contribution is -2.32. The minimum absolute atomic E-state index is 0.359. The Labute approximate surface area is 170 Å². The van der Waals surface area contributed by atoms with Crippen LogP contribution in [0.25, 0.3) is 10.9 Å². The monoisotopic (exact) mass is 394 g/mol. The molecule has 0 saturated carbocycles. The number of anilines is 1. The van der Waals surface area contributed by atoms with Gasteiger partial charge in [-0.05, 0) is 44.5 Å². The third kappa shape index (κ3) is 4.96. The van der Waals surface area contributed by atoms with Gasteiger partial charge < -0.3 is 14.8 Å². The molecule has 6 heteroatoms. The van der Waals surface area contributed by atoms with E-state index in [0.29, 0.717) is 6.42 Å². The predicted molar refractivity (Wildman–Crippen MR) is 113 cm³/mol. The van der Waals surface area contributed by atoms with Crippen LogP contribution in [0.4, 0.5) is 10.5 Å². The molecule has 0 unspecified atom stereocenters. The molecule has 3 rings (SSSR count). The topological polar surface area (TPSA) is 69.6 Å². The molecule has 0 saturated heterocycles. The number of para-hydroxylation sites is 2. The minimum atomic E-state index is -0.605. The Morgan fingerprint density at radius 2 is 1.69 bits per heavy atom. The van der Waals surface area contributed by atoms with Gasteiger partial charge in [-0.3, -0.25) is 4.57 Å². The zero-order valence-electron chi connectivity index (χ0n) is 17.1. The van der Waals surface area contributed by atoms with Crippen molar-refractivity contribution in [3.05, 3.63) is 66.4 Å². The Morgan fingerprint density at radius 3 is 2.34 bits per heavy atom. The van der Waals surface area contributed by atoms with E-state index >= 15 is 0 Å². The maximum Gasteiger partial charge on any atom is 0.419 e. The van der Waals surface area contributed by atoms with Crippen molar-refractivity contribution in [2.75, 3.05) is 12.4 Å². The molecule has 0 aliphatic carbocycles. The average Bonchev–Trinajstić information content (AvgIpc) is 3.05. The van der Waals surface area contributed by atoms with E-state index in [0.717, 1.165) is 22.2 Å². The second kappa shape index (κ2) is 8.39. The van der Waals surface area contributed by atoms with Crippen LogP contribution in [0.1, 0.15) is 26.3 Å². The van der Waals surface area contributed by atoms with E-state index in [-0.39, 0.29) is 5.97 Å². The first-order chi connectivity index (χ1) is 13.8. The van der Waals surface area contributed by atoms with Crippen molar-refractivity contribution in [2.45, 2.75) is 38.8 Å². The van der Waals surface area contributed by atoms with Gasteiger partial charge in [0, 0.05) is 23.7 Å². The number of benzene rings is 2. The van der Waals surface area contributed by atoms with Gasteiger partial charge >= 0.3 is 12.1 Å². The number of nitrogens with zero attached hydrogens (tertiary/aromatic N) is 1. The molecule has 6 nitrogen and oxygen atoms in total. The van der Waals surface area contributed by atoms with Crippen LogP contribution >= 0.6 is 0 Å². The molecule has 1 N–H and O–H groups in total. The van der Waals surface area contributed by atoms with Crippen LogP contribution in [0, 0.1) is 0 Å². The van der Waals surface area contributed by atoms with Gasteiger partial charge in [-0.25, -0.2) is 9.59 Å². The van der Waals surface area contributed by atoms with E-state index in [4.69, 9.17) is 9.47 Å². The molecule has 0 spiro atoms. The highest BCUT2D eigenvalue weighted by molar-refractivity contribution is 5.92. The van der Waals surface area contributed by atoms with Gasteiger partial charge in [-0.15, -0.1) is 0 Å². The Kier molecular flexibility index (Phi) is 5.92. The fourth-order valence-electron chi connectivity index (χ4n) is 3.17. The summed E-state index contributed by atoms with van der Waals surface area (Å²) >= 11 is 0. The summed E-state index contributed by atoms with van der Waals surface area (Å²) in [5.74, 6) is -0.372. The minimum Gasteiger partial charge on any atom is -0.467 e. The standard InChI is InChI=1S/C23H26N2O4/c1-23(2,3)29-22(27)25-15-16(18-12-8-9-13-20(18)25)14-19(21(26)28-4)24-17-10-6-5-7-11-17/h5-13,15,19,24H,14H2,1-4H3/t19-/m0/s1. The molecular weight excluding hydrogens is 368 g/mol. The van der Waals surface area contributed by atoms with Crippen molar-refractivity contribution in [3.8, 4) is 0 Å². The first kappa shape index (κ1) is 20.5. The molecule has 0 amide bonds. The quantitative estimate of drug-likeness (QED) is 0.640. The summed E-state index contributed by atoms with van der Waals surface area (Å²) in [7, 11) is 1.37. The Hall–Kier alpha value is -3.28. The van der Waals surface area contributed by atoms with Gasteiger partial charge in [0.25, 0.3) is 0 Å². The van der Waals surface area contributed by atoms with Crippen LogP contribution in [0.2, 0.25) is 0 Å². The Bertz CT molecular complexity index is 1000. The summed E-state index contributed by atoms with van der Waals surface area (Å²) in [6.45, 7) is 5.48. The van der Waals surface area contributed by atoms with Crippen LogP contribution in [0.5, 0.6) is 0 Å². The van der Waals surface area contributed by atoms with Gasteiger partial charge in [0.05, 0.1) is 12.6 Å². The highest BCUT2D eigenvalue weighted by Gasteiger charge is 2.24. The number of methoxy groups -OCH3 is 1. The maximum absolute atomic E-state index is 12.7. The Morgan fingerprint density at radius 1 is 1.03 bits per heavy atom. The number of nitrogens with one attached hydrogen (secondary N) is 1. The fraction of sp³-hybridized carbons (Fsp3) is 0.304. The largest absolute Gasteiger partial charge is 0.467 e. The highest BCUT2D eigenvalue weighted by atomic mass is 16.6. The molecular formula is C23H26N2O4. The lowest BCUT2D eigenvalue weighted by Gasteiger charge is -2.19. The summed E-state index contributed by atoms with van der Waals surface area (Å²) in [6.07, 6.45) is 1.64. The first-order valence-electron chi connectivity index (χ1n) is 9.50. The number of carbonyl (C=O) groups excluding carboxylic acids is 2. The predicted octanol–water partition coefficient (Wildman–Crippen LogP) is 4.62. The molecule has 0 radical (unpaired) electrons. The van der Waals surface area contributed by atoms with Crippen molar-refractivity contribution in [2.24, 2.45) is 0 Å². The zero-order chi connectivity index (χ0) is 21.0. The molecule has 1 heterocycles. The second-order valence-electron chi connectivity index (χ2n) is 7.81. The number of hydrogen-bond acceptors (Lipinski definition) is 5. The van der Waals surface area contributed by atoms with Gasteiger partial charge in [0.1, 0.15) is 11.6 Å². The van der Waals surface area contributed by atoms with Crippen LogP contribution in [-0.4, -0.2) is 35.4 Å². The molecule has 1 aromatic heterocycles. The smallest absolute Gasteiger partial charge is 0.419 e. The summed E-state index contributed by atoms with van der Waals surface area (Å²) in [5.41, 5.74) is 1.80. The fourth-order valence-corrected chi connectivity index (χ4v) is 3.17. The zero-order valence-corrected chi connectivity index (χ0v) is 17.1. The molecule has 1 atom stereocenters. The van der Waals surface area contributed by atoms with Crippen molar-refractivity contribution >= 4 is 28.7 Å². The number of esters is 1. The van der Waals surface area contributed by atoms with E-state index in [1.165, 1.54) is 11.7 Å². The van der Waals surface area contributed by atoms with E-state index < -0.39 is 17.7 Å². The van der Waals surface area contributed by atoms with Crippen molar-refractivity contribution in [1.82, 2.24) is 4.57 Å². The molecule has 152 valence electrons. The van der Waals surface area contributed by atoms with Crippen LogP contribution < -0.4 is 5.32 Å². The second-order valence-corrected chi connectivity index (χ2v) is 7.81. The maximum atomic E-state index is 12.7. The SMILES string of the molecule is COC(=O)[C@H](Cc1cn(C(=O)OC(C)(C)C)c2ccccc12)Nc1ccccc1. The molecule has 0 aliphatic heterocycles. The van der Waals surface area contributed by atoms with E-state index in [1.807, 2.05) is 75.4 Å². The van der Waals surface area contributed by atoms with Gasteiger partial charge in [0.15, 0.2) is 0 Å². The average molecular weight is 394 g/mol. The van der Waals surface area contributed by atoms with E-state index in [2.05, 4.69) is 5.32 Å². The number of fused-ring (bicyclic) bond motifs is 1. The number of ether oxygens (including phenoxy) is 2. The number of hydrogen-bond donors (Lipinski definition) is 1. The highest BCUT2D eigenvalue weighted by Crippen LogP contribution is 2.25. The summed E-state index contributed by atoms with van der Waals surface area (Å²) in [4.78, 5) is 25.1. The van der Waals surface area contributed by atoms with Crippen LogP contribution in [0.15, 0.2) is 60.8 Å². The molecule has 3 aromatic rings. The summed E-state index contributed by atoms with van der Waals surface area (Å²) < 4.78 is 12.0. The van der Waals surface area contributed by atoms with Crippen LogP contribution in [0.3, 0.4) is 0 Å². The molecule has 29 heavy (non-hydrogen) atoms.